The first kappa shape index (κ1) is 13.2. The normalized spacial score (nSPS) is 10.2. The van der Waals surface area contributed by atoms with Gasteiger partial charge in [0.1, 0.15) is 5.82 Å². The fraction of sp³-hybridized carbons (Fsp3) is 0.267. The zero-order chi connectivity index (χ0) is 13.7. The molecule has 19 heavy (non-hydrogen) atoms. The summed E-state index contributed by atoms with van der Waals surface area (Å²) in [5.74, 6) is 0.218. The van der Waals surface area contributed by atoms with E-state index in [-0.39, 0.29) is 0 Å². The summed E-state index contributed by atoms with van der Waals surface area (Å²) in [6, 6.07) is 9.63. The van der Waals surface area contributed by atoms with E-state index >= 15 is 0 Å². The molecule has 1 heterocycles. The second-order valence-corrected chi connectivity index (χ2v) is 4.18. The monoisotopic (exact) mass is 256 g/mol. The number of esters is 1. The summed E-state index contributed by atoms with van der Waals surface area (Å²) in [5, 5.41) is 0. The van der Waals surface area contributed by atoms with Gasteiger partial charge in [0.25, 0.3) is 0 Å². The van der Waals surface area contributed by atoms with Gasteiger partial charge < -0.3 is 4.74 Å². The molecule has 0 fully saturated rings. The number of carbonyl (C=O) groups excluding carboxylic acids is 1. The van der Waals surface area contributed by atoms with Crippen molar-refractivity contribution in [1.29, 1.82) is 0 Å². The lowest BCUT2D eigenvalue weighted by Gasteiger charge is -2.06. The quantitative estimate of drug-likeness (QED) is 0.789. The first-order valence-corrected chi connectivity index (χ1v) is 6.24. The van der Waals surface area contributed by atoms with Crippen LogP contribution in [0.25, 0.3) is 0 Å². The number of benzene rings is 1. The van der Waals surface area contributed by atoms with E-state index in [9.17, 15) is 4.79 Å². The van der Waals surface area contributed by atoms with Gasteiger partial charge in [0.2, 0.25) is 0 Å². The van der Waals surface area contributed by atoms with Crippen molar-refractivity contribution in [1.82, 2.24) is 9.97 Å². The third-order valence-electron chi connectivity index (χ3n) is 2.80. The van der Waals surface area contributed by atoms with Gasteiger partial charge in [-0.3, -0.25) is 0 Å². The van der Waals surface area contributed by atoms with Crippen molar-refractivity contribution < 1.29 is 9.53 Å². The van der Waals surface area contributed by atoms with Crippen molar-refractivity contribution in [2.75, 3.05) is 6.61 Å². The van der Waals surface area contributed by atoms with Crippen molar-refractivity contribution in [2.24, 2.45) is 0 Å². The first-order chi connectivity index (χ1) is 9.20. The van der Waals surface area contributed by atoms with Crippen LogP contribution in [0, 0.1) is 6.92 Å². The molecule has 0 unspecified atom stereocenters. The van der Waals surface area contributed by atoms with Crippen molar-refractivity contribution in [3.63, 3.8) is 0 Å². The second kappa shape index (κ2) is 6.09. The third-order valence-corrected chi connectivity index (χ3v) is 2.80. The smallest absolute Gasteiger partial charge is 0.357 e. The van der Waals surface area contributed by atoms with Crippen molar-refractivity contribution >= 4 is 5.97 Å². The molecular weight excluding hydrogens is 240 g/mol. The molecule has 0 radical (unpaired) electrons. The molecule has 0 saturated heterocycles. The van der Waals surface area contributed by atoms with Crippen LogP contribution in [0.1, 0.15) is 34.4 Å². The van der Waals surface area contributed by atoms with E-state index in [1.165, 1.54) is 5.56 Å². The highest BCUT2D eigenvalue weighted by Gasteiger charge is 2.10. The molecule has 1 aromatic carbocycles. The van der Waals surface area contributed by atoms with Gasteiger partial charge in [-0.1, -0.05) is 24.3 Å². The molecule has 2 rings (SSSR count). The summed E-state index contributed by atoms with van der Waals surface area (Å²) in [5.41, 5.74) is 2.65. The molecule has 0 aliphatic rings. The highest BCUT2D eigenvalue weighted by Crippen LogP contribution is 2.11. The number of aryl methyl sites for hydroxylation is 1. The standard InChI is InChI=1S/C15H16N2O2/c1-3-19-15(18)13-8-9-16-14(17-13)10-12-7-5-4-6-11(12)2/h4-9H,3,10H2,1-2H3. The highest BCUT2D eigenvalue weighted by molar-refractivity contribution is 5.87. The van der Waals surface area contributed by atoms with Crippen LogP contribution in [-0.2, 0) is 11.2 Å². The molecule has 0 atom stereocenters. The molecule has 0 N–H and O–H groups in total. The number of aromatic nitrogens is 2. The maximum absolute atomic E-state index is 11.6. The Morgan fingerprint density at radius 2 is 2.05 bits per heavy atom. The Hall–Kier alpha value is -2.23. The van der Waals surface area contributed by atoms with Gasteiger partial charge in [-0.2, -0.15) is 0 Å². The van der Waals surface area contributed by atoms with Gasteiger partial charge in [-0.15, -0.1) is 0 Å². The van der Waals surface area contributed by atoms with Gasteiger partial charge in [0.05, 0.1) is 6.61 Å². The Kier molecular flexibility index (Phi) is 4.23. The number of ether oxygens (including phenoxy) is 1. The number of rotatable bonds is 4. The van der Waals surface area contributed by atoms with E-state index in [0.29, 0.717) is 24.5 Å². The summed E-state index contributed by atoms with van der Waals surface area (Å²) in [4.78, 5) is 20.0. The molecule has 4 heteroatoms. The van der Waals surface area contributed by atoms with Crippen molar-refractivity contribution in [2.45, 2.75) is 20.3 Å². The van der Waals surface area contributed by atoms with E-state index in [1.807, 2.05) is 31.2 Å². The van der Waals surface area contributed by atoms with Gasteiger partial charge in [0.15, 0.2) is 5.69 Å². The minimum atomic E-state index is -0.407. The molecule has 98 valence electrons. The molecular formula is C15H16N2O2. The summed E-state index contributed by atoms with van der Waals surface area (Å²) in [6.07, 6.45) is 2.20. The molecule has 0 spiro atoms. The lowest BCUT2D eigenvalue weighted by molar-refractivity contribution is 0.0519. The topological polar surface area (TPSA) is 52.1 Å². The minimum Gasteiger partial charge on any atom is -0.461 e. The Bertz CT molecular complexity index is 582. The Labute approximate surface area is 112 Å². The van der Waals surface area contributed by atoms with Crippen LogP contribution >= 0.6 is 0 Å². The van der Waals surface area contributed by atoms with E-state index in [4.69, 9.17) is 4.74 Å². The van der Waals surface area contributed by atoms with Crippen LogP contribution in [0.3, 0.4) is 0 Å². The number of nitrogens with zero attached hydrogens (tertiary/aromatic N) is 2. The molecule has 0 aliphatic heterocycles. The highest BCUT2D eigenvalue weighted by atomic mass is 16.5. The Morgan fingerprint density at radius 1 is 1.26 bits per heavy atom. The van der Waals surface area contributed by atoms with Crippen LogP contribution < -0.4 is 0 Å². The van der Waals surface area contributed by atoms with Gasteiger partial charge in [0, 0.05) is 12.6 Å². The molecule has 0 bridgehead atoms. The van der Waals surface area contributed by atoms with Crippen molar-refractivity contribution in [3.8, 4) is 0 Å². The second-order valence-electron chi connectivity index (χ2n) is 4.18. The average molecular weight is 256 g/mol. The van der Waals surface area contributed by atoms with Crippen LogP contribution in [0.15, 0.2) is 36.5 Å². The first-order valence-electron chi connectivity index (χ1n) is 6.24. The lowest BCUT2D eigenvalue weighted by Crippen LogP contribution is -2.09. The lowest BCUT2D eigenvalue weighted by atomic mass is 10.1. The number of hydrogen-bond acceptors (Lipinski definition) is 4. The van der Waals surface area contributed by atoms with E-state index in [1.54, 1.807) is 19.2 Å². The summed E-state index contributed by atoms with van der Waals surface area (Å²) < 4.78 is 4.93. The van der Waals surface area contributed by atoms with Crippen LogP contribution in [-0.4, -0.2) is 22.5 Å². The van der Waals surface area contributed by atoms with E-state index in [2.05, 4.69) is 9.97 Å². The van der Waals surface area contributed by atoms with Crippen LogP contribution in [0.5, 0.6) is 0 Å². The molecule has 1 aromatic heterocycles. The largest absolute Gasteiger partial charge is 0.461 e. The predicted octanol–water partition coefficient (Wildman–Crippen LogP) is 2.55. The Morgan fingerprint density at radius 3 is 2.79 bits per heavy atom. The molecule has 0 saturated carbocycles. The van der Waals surface area contributed by atoms with E-state index < -0.39 is 5.97 Å². The Balaban J connectivity index is 2.20. The number of carbonyl (C=O) groups is 1. The van der Waals surface area contributed by atoms with Crippen LogP contribution in [0.2, 0.25) is 0 Å². The predicted molar refractivity (Wildman–Crippen MR) is 72.0 cm³/mol. The fourth-order valence-electron chi connectivity index (χ4n) is 1.78. The SMILES string of the molecule is CCOC(=O)c1ccnc(Cc2ccccc2C)n1. The molecule has 2 aromatic rings. The molecule has 0 amide bonds. The van der Waals surface area contributed by atoms with Crippen LogP contribution in [0.4, 0.5) is 0 Å². The average Bonchev–Trinajstić information content (AvgIpc) is 2.42. The summed E-state index contributed by atoms with van der Waals surface area (Å²) >= 11 is 0. The summed E-state index contributed by atoms with van der Waals surface area (Å²) in [7, 11) is 0. The molecule has 4 nitrogen and oxygen atoms in total. The zero-order valence-electron chi connectivity index (χ0n) is 11.1. The van der Waals surface area contributed by atoms with Gasteiger partial charge >= 0.3 is 5.97 Å². The molecule has 0 aliphatic carbocycles. The minimum absolute atomic E-state index is 0.306. The number of hydrogen-bond donors (Lipinski definition) is 0. The van der Waals surface area contributed by atoms with Gasteiger partial charge in [-0.25, -0.2) is 14.8 Å². The maximum Gasteiger partial charge on any atom is 0.357 e. The third kappa shape index (κ3) is 3.37. The maximum atomic E-state index is 11.6. The fourth-order valence-corrected chi connectivity index (χ4v) is 1.78. The van der Waals surface area contributed by atoms with Gasteiger partial charge in [-0.05, 0) is 31.0 Å². The summed E-state index contributed by atoms with van der Waals surface area (Å²) in [6.45, 7) is 4.16. The van der Waals surface area contributed by atoms with Crippen molar-refractivity contribution in [3.05, 3.63) is 59.2 Å². The van der Waals surface area contributed by atoms with E-state index in [0.717, 1.165) is 5.56 Å². The zero-order valence-corrected chi connectivity index (χ0v) is 11.1.